The number of carbonyl (C=O) groups excluding carboxylic acids is 1. The number of carbonyl (C=O) groups is 1. The van der Waals surface area contributed by atoms with Crippen molar-refractivity contribution in [2.75, 3.05) is 35.2 Å². The van der Waals surface area contributed by atoms with Crippen molar-refractivity contribution in [3.63, 3.8) is 0 Å². The summed E-state index contributed by atoms with van der Waals surface area (Å²) < 4.78 is 5.61. The van der Waals surface area contributed by atoms with Crippen molar-refractivity contribution >= 4 is 23.0 Å². The van der Waals surface area contributed by atoms with Crippen LogP contribution in [0.4, 0.5) is 17.1 Å². The highest BCUT2D eigenvalue weighted by molar-refractivity contribution is 5.93. The second-order valence-corrected chi connectivity index (χ2v) is 6.83. The molecule has 1 fully saturated rings. The van der Waals surface area contributed by atoms with E-state index < -0.39 is 0 Å². The molecule has 3 rings (SSSR count). The van der Waals surface area contributed by atoms with E-state index in [1.165, 1.54) is 18.5 Å². The summed E-state index contributed by atoms with van der Waals surface area (Å²) in [7, 11) is 0. The molecule has 26 heavy (non-hydrogen) atoms. The molecule has 0 aromatic heterocycles. The zero-order chi connectivity index (χ0) is 18.4. The predicted molar refractivity (Wildman–Crippen MR) is 107 cm³/mol. The van der Waals surface area contributed by atoms with Crippen molar-refractivity contribution in [3.05, 3.63) is 48.5 Å². The van der Waals surface area contributed by atoms with Crippen LogP contribution in [-0.2, 0) is 4.79 Å². The van der Waals surface area contributed by atoms with Gasteiger partial charge in [-0.1, -0.05) is 0 Å². The van der Waals surface area contributed by atoms with Crippen LogP contribution in [0.1, 0.15) is 26.7 Å². The lowest BCUT2D eigenvalue weighted by atomic mass is 10.2. The Morgan fingerprint density at radius 2 is 1.62 bits per heavy atom. The van der Waals surface area contributed by atoms with E-state index in [0.717, 1.165) is 30.2 Å². The molecule has 2 N–H and O–H groups in total. The minimum atomic E-state index is -0.0681. The van der Waals surface area contributed by atoms with Gasteiger partial charge in [0.15, 0.2) is 0 Å². The van der Waals surface area contributed by atoms with E-state index in [4.69, 9.17) is 4.74 Å². The fourth-order valence-corrected chi connectivity index (χ4v) is 3.04. The summed E-state index contributed by atoms with van der Waals surface area (Å²) >= 11 is 0. The quantitative estimate of drug-likeness (QED) is 0.786. The van der Waals surface area contributed by atoms with Gasteiger partial charge in [0.05, 0.1) is 12.6 Å². The molecule has 5 heteroatoms. The molecule has 0 atom stereocenters. The van der Waals surface area contributed by atoms with Gasteiger partial charge in [-0.2, -0.15) is 0 Å². The molecule has 0 bridgehead atoms. The second kappa shape index (κ2) is 8.61. The molecule has 0 saturated carbocycles. The molecule has 0 unspecified atom stereocenters. The third kappa shape index (κ3) is 5.15. The fourth-order valence-electron chi connectivity index (χ4n) is 3.04. The monoisotopic (exact) mass is 353 g/mol. The molecule has 1 aliphatic heterocycles. The molecular formula is C21H27N3O2. The Morgan fingerprint density at radius 1 is 1.00 bits per heavy atom. The number of amides is 1. The molecule has 1 heterocycles. The first-order valence-electron chi connectivity index (χ1n) is 9.25. The first kappa shape index (κ1) is 18.1. The van der Waals surface area contributed by atoms with E-state index in [1.54, 1.807) is 0 Å². The lowest BCUT2D eigenvalue weighted by Gasteiger charge is -2.17. The zero-order valence-corrected chi connectivity index (χ0v) is 15.5. The number of rotatable bonds is 7. The van der Waals surface area contributed by atoms with Crippen LogP contribution >= 0.6 is 0 Å². The molecule has 5 nitrogen and oxygen atoms in total. The average Bonchev–Trinajstić information content (AvgIpc) is 3.16. The Kier molecular flexibility index (Phi) is 6.00. The van der Waals surface area contributed by atoms with E-state index >= 15 is 0 Å². The standard InChI is InChI=1S/C21H27N3O2/c1-16(2)26-20-11-7-17(8-12-20)22-15-21(25)23-18-5-9-19(10-6-18)24-13-3-4-14-24/h5-12,16,22H,3-4,13-15H2,1-2H3,(H,23,25). The summed E-state index contributed by atoms with van der Waals surface area (Å²) in [5, 5.41) is 6.05. The van der Waals surface area contributed by atoms with Crippen LogP contribution in [0.2, 0.25) is 0 Å². The molecule has 0 radical (unpaired) electrons. The van der Waals surface area contributed by atoms with Crippen molar-refractivity contribution < 1.29 is 9.53 Å². The van der Waals surface area contributed by atoms with Gasteiger partial charge in [0.25, 0.3) is 0 Å². The highest BCUT2D eigenvalue weighted by Gasteiger charge is 2.12. The Bertz CT molecular complexity index is 705. The van der Waals surface area contributed by atoms with Gasteiger partial charge in [0.2, 0.25) is 5.91 Å². The van der Waals surface area contributed by atoms with Gasteiger partial charge in [0, 0.05) is 30.2 Å². The summed E-state index contributed by atoms with van der Waals surface area (Å²) in [6.45, 7) is 6.45. The summed E-state index contributed by atoms with van der Waals surface area (Å²) in [5.41, 5.74) is 2.93. The first-order chi connectivity index (χ1) is 12.6. The average molecular weight is 353 g/mol. The van der Waals surface area contributed by atoms with E-state index in [-0.39, 0.29) is 18.6 Å². The van der Waals surface area contributed by atoms with Crippen LogP contribution < -0.4 is 20.3 Å². The van der Waals surface area contributed by atoms with Crippen molar-refractivity contribution in [1.82, 2.24) is 0 Å². The second-order valence-electron chi connectivity index (χ2n) is 6.83. The summed E-state index contributed by atoms with van der Waals surface area (Å²) in [6, 6.07) is 15.7. The van der Waals surface area contributed by atoms with Crippen molar-refractivity contribution in [3.8, 4) is 5.75 Å². The number of benzene rings is 2. The zero-order valence-electron chi connectivity index (χ0n) is 15.5. The molecule has 0 aliphatic carbocycles. The topological polar surface area (TPSA) is 53.6 Å². The van der Waals surface area contributed by atoms with Crippen molar-refractivity contribution in [1.29, 1.82) is 0 Å². The fraction of sp³-hybridized carbons (Fsp3) is 0.381. The number of nitrogens with one attached hydrogen (secondary N) is 2. The molecule has 1 aliphatic rings. The van der Waals surface area contributed by atoms with Crippen LogP contribution in [-0.4, -0.2) is 31.6 Å². The third-order valence-electron chi connectivity index (χ3n) is 4.30. The maximum atomic E-state index is 12.1. The van der Waals surface area contributed by atoms with Gasteiger partial charge in [-0.05, 0) is 75.2 Å². The summed E-state index contributed by atoms with van der Waals surface area (Å²) in [4.78, 5) is 14.5. The normalized spacial score (nSPS) is 13.7. The lowest BCUT2D eigenvalue weighted by molar-refractivity contribution is -0.114. The van der Waals surface area contributed by atoms with E-state index in [1.807, 2.05) is 50.2 Å². The van der Waals surface area contributed by atoms with Gasteiger partial charge >= 0.3 is 0 Å². The van der Waals surface area contributed by atoms with Crippen molar-refractivity contribution in [2.24, 2.45) is 0 Å². The minimum absolute atomic E-state index is 0.0681. The first-order valence-corrected chi connectivity index (χ1v) is 9.25. The number of ether oxygens (including phenoxy) is 1. The number of nitrogens with zero attached hydrogens (tertiary/aromatic N) is 1. The SMILES string of the molecule is CC(C)Oc1ccc(NCC(=O)Nc2ccc(N3CCCC3)cc2)cc1. The smallest absolute Gasteiger partial charge is 0.243 e. The Labute approximate surface area is 155 Å². The highest BCUT2D eigenvalue weighted by atomic mass is 16.5. The molecule has 1 amide bonds. The summed E-state index contributed by atoms with van der Waals surface area (Å²) in [6.07, 6.45) is 2.67. The van der Waals surface area contributed by atoms with Crippen molar-refractivity contribution in [2.45, 2.75) is 32.8 Å². The van der Waals surface area contributed by atoms with E-state index in [2.05, 4.69) is 27.7 Å². The minimum Gasteiger partial charge on any atom is -0.491 e. The van der Waals surface area contributed by atoms with Gasteiger partial charge in [-0.25, -0.2) is 0 Å². The van der Waals surface area contributed by atoms with Gasteiger partial charge in [0.1, 0.15) is 5.75 Å². The van der Waals surface area contributed by atoms with Crippen LogP contribution in [0, 0.1) is 0 Å². The van der Waals surface area contributed by atoms with Crippen LogP contribution in [0.3, 0.4) is 0 Å². The lowest BCUT2D eigenvalue weighted by Crippen LogP contribution is -2.22. The van der Waals surface area contributed by atoms with Crippen LogP contribution in [0.25, 0.3) is 0 Å². The van der Waals surface area contributed by atoms with Crippen LogP contribution in [0.5, 0.6) is 5.75 Å². The molecule has 0 spiro atoms. The Balaban J connectivity index is 1.46. The van der Waals surface area contributed by atoms with Gasteiger partial charge < -0.3 is 20.3 Å². The Hall–Kier alpha value is -2.69. The van der Waals surface area contributed by atoms with Gasteiger partial charge in [-0.3, -0.25) is 4.79 Å². The largest absolute Gasteiger partial charge is 0.491 e. The molecule has 2 aromatic rings. The molecule has 138 valence electrons. The Morgan fingerprint density at radius 3 is 2.23 bits per heavy atom. The molecular weight excluding hydrogens is 326 g/mol. The maximum absolute atomic E-state index is 12.1. The third-order valence-corrected chi connectivity index (χ3v) is 4.30. The van der Waals surface area contributed by atoms with Gasteiger partial charge in [-0.15, -0.1) is 0 Å². The van der Waals surface area contributed by atoms with Crippen LogP contribution in [0.15, 0.2) is 48.5 Å². The number of hydrogen-bond acceptors (Lipinski definition) is 4. The molecule has 1 saturated heterocycles. The number of hydrogen-bond donors (Lipinski definition) is 2. The number of anilines is 3. The van der Waals surface area contributed by atoms with E-state index in [9.17, 15) is 4.79 Å². The van der Waals surface area contributed by atoms with E-state index in [0.29, 0.717) is 0 Å². The summed E-state index contributed by atoms with van der Waals surface area (Å²) in [5.74, 6) is 0.759. The highest BCUT2D eigenvalue weighted by Crippen LogP contribution is 2.22. The maximum Gasteiger partial charge on any atom is 0.243 e. The predicted octanol–water partition coefficient (Wildman–Crippen LogP) is 4.12. The molecule has 2 aromatic carbocycles.